The number of rotatable bonds is 3. The van der Waals surface area contributed by atoms with Crippen LogP contribution in [0.25, 0.3) is 6.08 Å². The van der Waals surface area contributed by atoms with Crippen molar-refractivity contribution in [3.63, 3.8) is 0 Å². The lowest BCUT2D eigenvalue weighted by Crippen LogP contribution is -2.31. The average Bonchev–Trinajstić information content (AvgIpc) is 3.07. The number of fused-ring (bicyclic) bond motifs is 3. The van der Waals surface area contributed by atoms with E-state index in [0.717, 1.165) is 22.4 Å². The molecule has 0 fully saturated rings. The zero-order valence-corrected chi connectivity index (χ0v) is 17.4. The molecule has 0 N–H and O–H groups in total. The number of hydrogen-bond donors (Lipinski definition) is 0. The first-order valence-electron chi connectivity index (χ1n) is 9.52. The molecule has 2 aliphatic rings. The van der Waals surface area contributed by atoms with E-state index in [1.807, 2.05) is 42.5 Å². The minimum absolute atomic E-state index is 0.127. The van der Waals surface area contributed by atoms with Crippen molar-refractivity contribution in [2.45, 2.75) is 13.1 Å². The Balaban J connectivity index is 1.41. The van der Waals surface area contributed by atoms with Crippen LogP contribution in [0.3, 0.4) is 0 Å². The van der Waals surface area contributed by atoms with E-state index in [4.69, 9.17) is 32.7 Å². The number of hydrogen-bond acceptors (Lipinski definition) is 4. The Labute approximate surface area is 184 Å². The van der Waals surface area contributed by atoms with E-state index in [-0.39, 0.29) is 5.78 Å². The van der Waals surface area contributed by atoms with Gasteiger partial charge in [-0.15, -0.1) is 0 Å². The lowest BCUT2D eigenvalue weighted by atomic mass is 10.0. The average molecular weight is 438 g/mol. The molecule has 3 aromatic rings. The van der Waals surface area contributed by atoms with Gasteiger partial charge in [-0.1, -0.05) is 47.5 Å². The third-order valence-corrected chi connectivity index (χ3v) is 5.67. The first-order chi connectivity index (χ1) is 14.6. The second-order valence-corrected chi connectivity index (χ2v) is 8.17. The highest BCUT2D eigenvalue weighted by Gasteiger charge is 2.33. The minimum atomic E-state index is -0.127. The fraction of sp³-hybridized carbons (Fsp3) is 0.125. The van der Waals surface area contributed by atoms with E-state index in [9.17, 15) is 4.79 Å². The fourth-order valence-electron chi connectivity index (χ4n) is 3.66. The Morgan fingerprint density at radius 2 is 1.63 bits per heavy atom. The maximum atomic E-state index is 12.9. The van der Waals surface area contributed by atoms with E-state index in [2.05, 4.69) is 4.90 Å². The van der Waals surface area contributed by atoms with Crippen LogP contribution >= 0.6 is 23.2 Å². The highest BCUT2D eigenvalue weighted by Crippen LogP contribution is 2.42. The van der Waals surface area contributed by atoms with Crippen LogP contribution in [0, 0.1) is 0 Å². The molecular formula is C24H17Cl2NO3. The molecule has 0 atom stereocenters. The summed E-state index contributed by atoms with van der Waals surface area (Å²) in [7, 11) is 0. The molecule has 2 aliphatic heterocycles. The molecule has 3 aromatic carbocycles. The van der Waals surface area contributed by atoms with Crippen molar-refractivity contribution in [1.29, 1.82) is 0 Å². The summed E-state index contributed by atoms with van der Waals surface area (Å²) in [5.74, 6) is 1.51. The van der Waals surface area contributed by atoms with Crippen LogP contribution in [0.5, 0.6) is 11.5 Å². The Hall–Kier alpha value is -2.79. The molecule has 150 valence electrons. The molecule has 0 saturated carbocycles. The molecule has 0 saturated heterocycles. The topological polar surface area (TPSA) is 38.8 Å². The first-order valence-corrected chi connectivity index (χ1v) is 10.3. The Kier molecular flexibility index (Phi) is 4.99. The summed E-state index contributed by atoms with van der Waals surface area (Å²) in [4.78, 5) is 15.0. The molecule has 2 heterocycles. The van der Waals surface area contributed by atoms with E-state index >= 15 is 0 Å². The predicted molar refractivity (Wildman–Crippen MR) is 117 cm³/mol. The summed E-state index contributed by atoms with van der Waals surface area (Å²) < 4.78 is 12.0. The van der Waals surface area contributed by atoms with E-state index in [0.29, 0.717) is 46.9 Å². The van der Waals surface area contributed by atoms with E-state index in [1.165, 1.54) is 0 Å². The van der Waals surface area contributed by atoms with Gasteiger partial charge in [0.05, 0.1) is 11.1 Å². The van der Waals surface area contributed by atoms with Gasteiger partial charge in [-0.3, -0.25) is 9.69 Å². The van der Waals surface area contributed by atoms with E-state index < -0.39 is 0 Å². The number of nitrogens with zero attached hydrogens (tertiary/aromatic N) is 1. The third-order valence-electron chi connectivity index (χ3n) is 5.17. The van der Waals surface area contributed by atoms with Crippen molar-refractivity contribution >= 4 is 35.1 Å². The lowest BCUT2D eigenvalue weighted by molar-refractivity contribution is 0.0873. The molecule has 5 rings (SSSR count). The SMILES string of the molecule is O=C1/C(=C/c2ccc(Cl)cc2)Oc2c1ccc1c2CN(Cc2ccc(Cl)cc2)CO1. The van der Waals surface area contributed by atoms with Crippen molar-refractivity contribution in [1.82, 2.24) is 4.90 Å². The summed E-state index contributed by atoms with van der Waals surface area (Å²) in [6.07, 6.45) is 1.74. The zero-order chi connectivity index (χ0) is 20.7. The highest BCUT2D eigenvalue weighted by atomic mass is 35.5. The molecule has 0 aliphatic carbocycles. The molecule has 0 bridgehead atoms. The van der Waals surface area contributed by atoms with Gasteiger partial charge < -0.3 is 9.47 Å². The number of ketones is 1. The van der Waals surface area contributed by atoms with Gasteiger partial charge in [0, 0.05) is 23.1 Å². The van der Waals surface area contributed by atoms with Gasteiger partial charge in [-0.25, -0.2) is 0 Å². The van der Waals surface area contributed by atoms with Crippen molar-refractivity contribution in [3.8, 4) is 11.5 Å². The van der Waals surface area contributed by atoms with Crippen LogP contribution in [-0.2, 0) is 13.1 Å². The number of ether oxygens (including phenoxy) is 2. The molecule has 6 heteroatoms. The number of carbonyl (C=O) groups excluding carboxylic acids is 1. The van der Waals surface area contributed by atoms with Crippen LogP contribution < -0.4 is 9.47 Å². The second kappa shape index (κ2) is 7.80. The molecule has 0 radical (unpaired) electrons. The third kappa shape index (κ3) is 3.70. The molecule has 0 amide bonds. The largest absolute Gasteiger partial charge is 0.478 e. The molecule has 0 unspecified atom stereocenters. The highest BCUT2D eigenvalue weighted by molar-refractivity contribution is 6.30. The molecule has 4 nitrogen and oxygen atoms in total. The van der Waals surface area contributed by atoms with Crippen LogP contribution in [0.1, 0.15) is 27.0 Å². The second-order valence-electron chi connectivity index (χ2n) is 7.30. The summed E-state index contributed by atoms with van der Waals surface area (Å²) >= 11 is 11.9. The number of carbonyl (C=O) groups is 1. The van der Waals surface area contributed by atoms with Crippen molar-refractivity contribution in [3.05, 3.63) is 98.7 Å². The molecule has 0 aromatic heterocycles. The summed E-state index contributed by atoms with van der Waals surface area (Å²) in [6.45, 7) is 1.81. The van der Waals surface area contributed by atoms with Gasteiger partial charge in [-0.2, -0.15) is 0 Å². The van der Waals surface area contributed by atoms with Crippen molar-refractivity contribution in [2.75, 3.05) is 6.73 Å². The van der Waals surface area contributed by atoms with Crippen LogP contribution in [0.15, 0.2) is 66.4 Å². The summed E-state index contributed by atoms with van der Waals surface area (Å²) in [5.41, 5.74) is 3.44. The van der Waals surface area contributed by atoms with Gasteiger partial charge in [-0.05, 0) is 53.6 Å². The minimum Gasteiger partial charge on any atom is -0.478 e. The van der Waals surface area contributed by atoms with Gasteiger partial charge in [0.15, 0.2) is 5.76 Å². The van der Waals surface area contributed by atoms with Gasteiger partial charge >= 0.3 is 0 Å². The quantitative estimate of drug-likeness (QED) is 0.473. The zero-order valence-electron chi connectivity index (χ0n) is 15.9. The maximum absolute atomic E-state index is 12.9. The smallest absolute Gasteiger partial charge is 0.231 e. The maximum Gasteiger partial charge on any atom is 0.231 e. The van der Waals surface area contributed by atoms with Crippen molar-refractivity contribution < 1.29 is 14.3 Å². The van der Waals surface area contributed by atoms with Gasteiger partial charge in [0.1, 0.15) is 18.2 Å². The summed E-state index contributed by atoms with van der Waals surface area (Å²) in [6, 6.07) is 18.6. The summed E-state index contributed by atoms with van der Waals surface area (Å²) in [5, 5.41) is 1.36. The monoisotopic (exact) mass is 437 g/mol. The van der Waals surface area contributed by atoms with Crippen LogP contribution in [-0.4, -0.2) is 17.4 Å². The van der Waals surface area contributed by atoms with Gasteiger partial charge in [0.25, 0.3) is 0 Å². The number of allylic oxidation sites excluding steroid dienone is 1. The molecule has 30 heavy (non-hydrogen) atoms. The standard InChI is InChI=1S/C24H17Cl2NO3/c25-17-5-1-15(2-6-17)11-22-23(28)19-9-10-21-20(24(19)30-22)13-27(14-29-21)12-16-3-7-18(26)8-4-16/h1-11H,12-14H2/b22-11-. The normalized spacial score (nSPS) is 16.7. The number of Topliss-reactive ketones (excluding diaryl/α,β-unsaturated/α-hetero) is 1. The first kappa shape index (κ1) is 19.2. The Bertz CT molecular complexity index is 1150. The van der Waals surface area contributed by atoms with Crippen LogP contribution in [0.4, 0.5) is 0 Å². The predicted octanol–water partition coefficient (Wildman–Crippen LogP) is 5.96. The fourth-order valence-corrected chi connectivity index (χ4v) is 3.92. The lowest BCUT2D eigenvalue weighted by Gasteiger charge is -2.29. The van der Waals surface area contributed by atoms with E-state index in [1.54, 1.807) is 24.3 Å². The van der Waals surface area contributed by atoms with Crippen LogP contribution in [0.2, 0.25) is 10.0 Å². The Morgan fingerprint density at radius 3 is 2.37 bits per heavy atom. The number of halogens is 2. The molecular weight excluding hydrogens is 421 g/mol. The molecule has 0 spiro atoms. The van der Waals surface area contributed by atoms with Crippen molar-refractivity contribution in [2.24, 2.45) is 0 Å². The number of benzene rings is 3. The Morgan fingerprint density at radius 1 is 0.933 bits per heavy atom. The van der Waals surface area contributed by atoms with Gasteiger partial charge in [0.2, 0.25) is 5.78 Å².